The van der Waals surface area contributed by atoms with Gasteiger partial charge in [0.25, 0.3) is 5.91 Å². The molecule has 1 fully saturated rings. The summed E-state index contributed by atoms with van der Waals surface area (Å²) >= 11 is 3.41. The summed E-state index contributed by atoms with van der Waals surface area (Å²) in [5, 5.41) is 14.2. The molecule has 0 aromatic heterocycles. The second-order valence-electron chi connectivity index (χ2n) is 8.55. The molecule has 0 unspecified atom stereocenters. The van der Waals surface area contributed by atoms with Crippen molar-refractivity contribution in [2.75, 3.05) is 13.7 Å². The summed E-state index contributed by atoms with van der Waals surface area (Å²) in [5.41, 5.74) is 0.673. The summed E-state index contributed by atoms with van der Waals surface area (Å²) in [7, 11) is 1.32. The lowest BCUT2D eigenvalue weighted by Gasteiger charge is -2.31. The Hall–Kier alpha value is -3.14. The second kappa shape index (κ2) is 12.5. The SMILES string of the molecule is COc1cc(OCC(=O)N(Cc2ccc(Br)cc2)[C@H](C)C(=O)NC2CCCCC2)ccc1[N+](=O)[O-]. The molecule has 9 nitrogen and oxygen atoms in total. The number of nitrogens with one attached hydrogen (secondary N) is 1. The number of nitro groups is 1. The van der Waals surface area contributed by atoms with Gasteiger partial charge in [0.2, 0.25) is 11.7 Å². The average molecular weight is 548 g/mol. The van der Waals surface area contributed by atoms with E-state index in [9.17, 15) is 19.7 Å². The number of nitrogens with zero attached hydrogens (tertiary/aromatic N) is 2. The predicted molar refractivity (Wildman–Crippen MR) is 134 cm³/mol. The van der Waals surface area contributed by atoms with Crippen LogP contribution in [0.1, 0.15) is 44.6 Å². The maximum Gasteiger partial charge on any atom is 0.311 e. The molecule has 1 N–H and O–H groups in total. The highest BCUT2D eigenvalue weighted by Crippen LogP contribution is 2.30. The molecule has 2 amide bonds. The average Bonchev–Trinajstić information content (AvgIpc) is 2.86. The number of benzene rings is 2. The highest BCUT2D eigenvalue weighted by Gasteiger charge is 2.28. The second-order valence-corrected chi connectivity index (χ2v) is 9.46. The Morgan fingerprint density at radius 3 is 2.49 bits per heavy atom. The Morgan fingerprint density at radius 1 is 1.17 bits per heavy atom. The number of halogens is 1. The van der Waals surface area contributed by atoms with E-state index in [1.54, 1.807) is 6.92 Å². The molecule has 1 aliphatic carbocycles. The molecule has 0 heterocycles. The molecule has 10 heteroatoms. The third kappa shape index (κ3) is 7.42. The van der Waals surface area contributed by atoms with Gasteiger partial charge in [0.1, 0.15) is 11.8 Å². The fourth-order valence-corrected chi connectivity index (χ4v) is 4.33. The van der Waals surface area contributed by atoms with Crippen molar-refractivity contribution in [3.63, 3.8) is 0 Å². The molecule has 0 saturated heterocycles. The van der Waals surface area contributed by atoms with Gasteiger partial charge in [-0.05, 0) is 43.5 Å². The lowest BCUT2D eigenvalue weighted by atomic mass is 9.95. The molecule has 1 atom stereocenters. The van der Waals surface area contributed by atoms with Gasteiger partial charge in [-0.25, -0.2) is 0 Å². The van der Waals surface area contributed by atoms with Crippen LogP contribution in [0.15, 0.2) is 46.9 Å². The van der Waals surface area contributed by atoms with Gasteiger partial charge in [0.05, 0.1) is 12.0 Å². The highest BCUT2D eigenvalue weighted by atomic mass is 79.9. The van der Waals surface area contributed by atoms with Gasteiger partial charge in [-0.3, -0.25) is 19.7 Å². The maximum atomic E-state index is 13.2. The van der Waals surface area contributed by atoms with Crippen molar-refractivity contribution in [2.45, 2.75) is 57.7 Å². The first-order valence-corrected chi connectivity index (χ1v) is 12.4. The first-order chi connectivity index (χ1) is 16.8. The van der Waals surface area contributed by atoms with Crippen LogP contribution >= 0.6 is 15.9 Å². The molecule has 2 aromatic carbocycles. The van der Waals surface area contributed by atoms with Crippen molar-refractivity contribution in [1.29, 1.82) is 0 Å². The molecular weight excluding hydrogens is 518 g/mol. The number of methoxy groups -OCH3 is 1. The third-order valence-corrected chi connectivity index (χ3v) is 6.62. The fraction of sp³-hybridized carbons (Fsp3) is 0.440. The molecule has 0 spiro atoms. The largest absolute Gasteiger partial charge is 0.490 e. The van der Waals surface area contributed by atoms with Crippen molar-refractivity contribution in [2.24, 2.45) is 0 Å². The molecule has 35 heavy (non-hydrogen) atoms. The van der Waals surface area contributed by atoms with Crippen molar-refractivity contribution in [1.82, 2.24) is 10.2 Å². The van der Waals surface area contributed by atoms with E-state index < -0.39 is 11.0 Å². The van der Waals surface area contributed by atoms with E-state index in [-0.39, 0.29) is 48.2 Å². The lowest BCUT2D eigenvalue weighted by Crippen LogP contribution is -2.51. The molecule has 0 bridgehead atoms. The molecule has 3 rings (SSSR count). The van der Waals surface area contributed by atoms with Crippen LogP contribution < -0.4 is 14.8 Å². The minimum Gasteiger partial charge on any atom is -0.490 e. The summed E-state index contributed by atoms with van der Waals surface area (Å²) < 4.78 is 11.6. The van der Waals surface area contributed by atoms with Gasteiger partial charge in [-0.1, -0.05) is 47.3 Å². The number of carbonyl (C=O) groups is 2. The van der Waals surface area contributed by atoms with E-state index in [1.807, 2.05) is 24.3 Å². The predicted octanol–water partition coefficient (Wildman–Crippen LogP) is 4.61. The van der Waals surface area contributed by atoms with E-state index in [0.717, 1.165) is 35.7 Å². The van der Waals surface area contributed by atoms with Gasteiger partial charge in [-0.2, -0.15) is 0 Å². The van der Waals surface area contributed by atoms with Crippen LogP contribution in [0, 0.1) is 10.1 Å². The topological polar surface area (TPSA) is 111 Å². The Morgan fingerprint density at radius 2 is 1.86 bits per heavy atom. The monoisotopic (exact) mass is 547 g/mol. The number of nitro benzene ring substituents is 1. The number of hydrogen-bond acceptors (Lipinski definition) is 6. The Bertz CT molecular complexity index is 1040. The van der Waals surface area contributed by atoms with E-state index in [0.29, 0.717) is 0 Å². The lowest BCUT2D eigenvalue weighted by molar-refractivity contribution is -0.385. The summed E-state index contributed by atoms with van der Waals surface area (Å²) in [6, 6.07) is 11.0. The summed E-state index contributed by atoms with van der Waals surface area (Å²) in [5.74, 6) is -0.286. The molecule has 0 aliphatic heterocycles. The van der Waals surface area contributed by atoms with Crippen LogP contribution in [0.2, 0.25) is 0 Å². The van der Waals surface area contributed by atoms with E-state index in [2.05, 4.69) is 21.2 Å². The van der Waals surface area contributed by atoms with Crippen LogP contribution in [0.25, 0.3) is 0 Å². The van der Waals surface area contributed by atoms with E-state index in [1.165, 1.54) is 36.6 Å². The minimum atomic E-state index is -0.705. The maximum absolute atomic E-state index is 13.2. The summed E-state index contributed by atoms with van der Waals surface area (Å²) in [4.78, 5) is 38.3. The van der Waals surface area contributed by atoms with Crippen LogP contribution in [0.4, 0.5) is 5.69 Å². The molecule has 188 valence electrons. The van der Waals surface area contributed by atoms with Crippen molar-refractivity contribution in [3.8, 4) is 11.5 Å². The van der Waals surface area contributed by atoms with Gasteiger partial charge < -0.3 is 19.7 Å². The van der Waals surface area contributed by atoms with E-state index >= 15 is 0 Å². The van der Waals surface area contributed by atoms with Crippen LogP contribution in [0.5, 0.6) is 11.5 Å². The highest BCUT2D eigenvalue weighted by molar-refractivity contribution is 9.10. The van der Waals surface area contributed by atoms with Gasteiger partial charge in [-0.15, -0.1) is 0 Å². The standard InChI is InChI=1S/C25H30BrN3O6/c1-17(25(31)27-20-6-4-3-5-7-20)28(15-18-8-10-19(26)11-9-18)24(30)16-35-21-12-13-22(29(32)33)23(14-21)34-2/h8-14,17,20H,3-7,15-16H2,1-2H3,(H,27,31)/t17-/m1/s1. The number of ether oxygens (including phenoxy) is 2. The first-order valence-electron chi connectivity index (χ1n) is 11.6. The third-order valence-electron chi connectivity index (χ3n) is 6.10. The summed E-state index contributed by atoms with van der Waals surface area (Å²) in [6.07, 6.45) is 5.26. The molecule has 2 aromatic rings. The van der Waals surface area contributed by atoms with Crippen molar-refractivity contribution < 1.29 is 24.0 Å². The first kappa shape index (κ1) is 26.5. The molecular formula is C25H30BrN3O6. The van der Waals surface area contributed by atoms with Gasteiger partial charge in [0, 0.05) is 29.2 Å². The van der Waals surface area contributed by atoms with Gasteiger partial charge >= 0.3 is 5.69 Å². The van der Waals surface area contributed by atoms with Gasteiger partial charge in [0.15, 0.2) is 6.61 Å². The molecule has 0 radical (unpaired) electrons. The van der Waals surface area contributed by atoms with Crippen LogP contribution in [-0.4, -0.2) is 47.4 Å². The van der Waals surface area contributed by atoms with Crippen molar-refractivity contribution >= 4 is 33.4 Å². The number of amides is 2. The fourth-order valence-electron chi connectivity index (χ4n) is 4.06. The zero-order chi connectivity index (χ0) is 25.4. The normalized spacial score (nSPS) is 14.6. The number of carbonyl (C=O) groups excluding carboxylic acids is 2. The number of rotatable bonds is 10. The zero-order valence-corrected chi connectivity index (χ0v) is 21.5. The zero-order valence-electron chi connectivity index (χ0n) is 19.9. The molecule has 1 aliphatic rings. The minimum absolute atomic E-state index is 0.0342. The number of hydrogen-bond donors (Lipinski definition) is 1. The Balaban J connectivity index is 1.73. The quantitative estimate of drug-likeness (QED) is 0.343. The Labute approximate surface area is 213 Å². The van der Waals surface area contributed by atoms with E-state index in [4.69, 9.17) is 9.47 Å². The van der Waals surface area contributed by atoms with Crippen LogP contribution in [0.3, 0.4) is 0 Å². The smallest absolute Gasteiger partial charge is 0.311 e. The van der Waals surface area contributed by atoms with Crippen molar-refractivity contribution in [3.05, 3.63) is 62.6 Å². The summed E-state index contributed by atoms with van der Waals surface area (Å²) in [6.45, 7) is 1.61. The Kier molecular flexibility index (Phi) is 9.47. The molecule has 1 saturated carbocycles. The van der Waals surface area contributed by atoms with Crippen LogP contribution in [-0.2, 0) is 16.1 Å².